The van der Waals surface area contributed by atoms with Gasteiger partial charge in [0.1, 0.15) is 50.8 Å². The molecule has 3 N–H and O–H groups in total. The van der Waals surface area contributed by atoms with Crippen LogP contribution in [0.5, 0.6) is 11.5 Å². The van der Waals surface area contributed by atoms with Crippen molar-refractivity contribution < 1.29 is 19.6 Å². The van der Waals surface area contributed by atoms with Crippen LogP contribution in [0.1, 0.15) is 11.1 Å². The summed E-state index contributed by atoms with van der Waals surface area (Å²) >= 11 is 0. The zero-order valence-electron chi connectivity index (χ0n) is 13.7. The average molecular weight is 314 g/mol. The highest BCUT2D eigenvalue weighted by Crippen LogP contribution is 2.21. The predicted octanol–water partition coefficient (Wildman–Crippen LogP) is -0.116. The minimum absolute atomic E-state index is 0.373. The van der Waals surface area contributed by atoms with Crippen LogP contribution >= 0.6 is 0 Å². The van der Waals surface area contributed by atoms with E-state index in [1.54, 1.807) is 24.1 Å². The van der Waals surface area contributed by atoms with Crippen molar-refractivity contribution in [3.8, 4) is 11.5 Å². The number of methoxy groups -OCH3 is 1. The zero-order valence-corrected chi connectivity index (χ0v) is 13.7. The minimum atomic E-state index is 0.373. The molecule has 2 aromatic carbocycles. The molecular formula is C19H26N2O2+2. The number of aromatic hydroxyl groups is 1. The summed E-state index contributed by atoms with van der Waals surface area (Å²) in [6, 6.07) is 16.2. The van der Waals surface area contributed by atoms with Gasteiger partial charge in [0.15, 0.2) is 0 Å². The van der Waals surface area contributed by atoms with E-state index in [2.05, 4.69) is 30.3 Å². The maximum Gasteiger partial charge on any atom is 0.127 e. The molecular weight excluding hydrogens is 288 g/mol. The van der Waals surface area contributed by atoms with Crippen LogP contribution < -0.4 is 14.5 Å². The van der Waals surface area contributed by atoms with Gasteiger partial charge in [-0.2, -0.15) is 0 Å². The predicted molar refractivity (Wildman–Crippen MR) is 89.9 cm³/mol. The summed E-state index contributed by atoms with van der Waals surface area (Å²) in [5, 5.41) is 10.0. The summed E-state index contributed by atoms with van der Waals surface area (Å²) in [6.07, 6.45) is 0. The maximum atomic E-state index is 10.0. The third-order valence-electron chi connectivity index (χ3n) is 4.69. The summed E-state index contributed by atoms with van der Waals surface area (Å²) in [7, 11) is 1.66. The fourth-order valence-corrected chi connectivity index (χ4v) is 3.29. The summed E-state index contributed by atoms with van der Waals surface area (Å²) in [5.74, 6) is 1.18. The number of phenols is 1. The second kappa shape index (κ2) is 7.49. The number of hydrogen-bond donors (Lipinski definition) is 3. The molecule has 0 spiro atoms. The van der Waals surface area contributed by atoms with E-state index < -0.39 is 0 Å². The first kappa shape index (κ1) is 15.8. The van der Waals surface area contributed by atoms with Crippen LogP contribution in [0.4, 0.5) is 0 Å². The largest absolute Gasteiger partial charge is 0.507 e. The molecule has 1 saturated heterocycles. The first-order valence-electron chi connectivity index (χ1n) is 8.31. The van der Waals surface area contributed by atoms with Crippen molar-refractivity contribution in [2.45, 2.75) is 13.1 Å². The number of phenolic OH excluding ortho intramolecular Hbond substituents is 1. The standard InChI is InChI=1S/C19H24N2O2/c1-23-18-7-8-19(22)17(13-18)15-21-11-9-20(10-12-21)14-16-5-3-2-4-6-16/h2-8,13,22H,9-12,14-15H2,1H3/p+2. The molecule has 2 aromatic rings. The number of piperazine rings is 1. The highest BCUT2D eigenvalue weighted by molar-refractivity contribution is 5.38. The van der Waals surface area contributed by atoms with Crippen molar-refractivity contribution in [2.24, 2.45) is 0 Å². The summed E-state index contributed by atoms with van der Waals surface area (Å²) in [5.41, 5.74) is 2.39. The Kier molecular flexibility index (Phi) is 5.16. The van der Waals surface area contributed by atoms with Crippen molar-refractivity contribution in [3.05, 3.63) is 59.7 Å². The zero-order chi connectivity index (χ0) is 16.1. The van der Waals surface area contributed by atoms with Crippen molar-refractivity contribution in [3.63, 3.8) is 0 Å². The Morgan fingerprint density at radius 2 is 1.57 bits per heavy atom. The Bertz CT molecular complexity index is 623. The van der Waals surface area contributed by atoms with E-state index in [4.69, 9.17) is 4.74 Å². The number of ether oxygens (including phenoxy) is 1. The van der Waals surface area contributed by atoms with Crippen LogP contribution in [0.15, 0.2) is 48.5 Å². The summed E-state index contributed by atoms with van der Waals surface area (Å²) in [6.45, 7) is 6.60. The second-order valence-corrected chi connectivity index (χ2v) is 6.33. The molecule has 0 saturated carbocycles. The molecule has 1 fully saturated rings. The highest BCUT2D eigenvalue weighted by Gasteiger charge is 2.24. The number of quaternary nitrogens is 2. The molecule has 3 rings (SSSR count). The van der Waals surface area contributed by atoms with Crippen molar-refractivity contribution >= 4 is 0 Å². The Morgan fingerprint density at radius 1 is 0.913 bits per heavy atom. The first-order chi connectivity index (χ1) is 11.2. The Hall–Kier alpha value is -2.04. The SMILES string of the molecule is COc1ccc(O)c(C[NH+]2CC[NH+](Cc3ccccc3)CC2)c1. The van der Waals surface area contributed by atoms with Gasteiger partial charge in [-0.1, -0.05) is 30.3 Å². The monoisotopic (exact) mass is 314 g/mol. The molecule has 0 atom stereocenters. The molecule has 0 amide bonds. The topological polar surface area (TPSA) is 38.3 Å². The van der Waals surface area contributed by atoms with Gasteiger partial charge in [-0.25, -0.2) is 0 Å². The number of benzene rings is 2. The van der Waals surface area contributed by atoms with Crippen LogP contribution in [0.2, 0.25) is 0 Å². The van der Waals surface area contributed by atoms with Gasteiger partial charge in [-0.15, -0.1) is 0 Å². The molecule has 1 aliphatic heterocycles. The van der Waals surface area contributed by atoms with E-state index in [9.17, 15) is 5.11 Å². The van der Waals surface area contributed by atoms with Crippen molar-refractivity contribution in [2.75, 3.05) is 33.3 Å². The molecule has 0 bridgehead atoms. The molecule has 0 unspecified atom stereocenters. The lowest BCUT2D eigenvalue weighted by atomic mass is 10.1. The van der Waals surface area contributed by atoms with Crippen LogP contribution in [-0.2, 0) is 13.1 Å². The minimum Gasteiger partial charge on any atom is -0.507 e. The Labute approximate surface area is 137 Å². The normalized spacial score (nSPS) is 21.1. The van der Waals surface area contributed by atoms with Gasteiger partial charge in [0.25, 0.3) is 0 Å². The number of nitrogens with one attached hydrogen (secondary N) is 2. The van der Waals surface area contributed by atoms with E-state index >= 15 is 0 Å². The molecule has 1 aliphatic rings. The molecule has 0 aliphatic carbocycles. The maximum absolute atomic E-state index is 10.0. The lowest BCUT2D eigenvalue weighted by molar-refractivity contribution is -1.02. The smallest absolute Gasteiger partial charge is 0.127 e. The average Bonchev–Trinajstić information content (AvgIpc) is 2.59. The number of hydrogen-bond acceptors (Lipinski definition) is 2. The fraction of sp³-hybridized carbons (Fsp3) is 0.368. The fourth-order valence-electron chi connectivity index (χ4n) is 3.29. The first-order valence-corrected chi connectivity index (χ1v) is 8.31. The van der Waals surface area contributed by atoms with E-state index in [1.165, 1.54) is 23.6 Å². The van der Waals surface area contributed by atoms with Crippen LogP contribution in [0.25, 0.3) is 0 Å². The molecule has 1 heterocycles. The van der Waals surface area contributed by atoms with E-state index in [-0.39, 0.29) is 0 Å². The molecule has 23 heavy (non-hydrogen) atoms. The Balaban J connectivity index is 1.53. The lowest BCUT2D eigenvalue weighted by Crippen LogP contribution is -3.27. The van der Waals surface area contributed by atoms with Gasteiger partial charge in [0.05, 0.1) is 12.7 Å². The second-order valence-electron chi connectivity index (χ2n) is 6.33. The quantitative estimate of drug-likeness (QED) is 0.720. The van der Waals surface area contributed by atoms with E-state index in [1.807, 2.05) is 6.07 Å². The molecule has 4 nitrogen and oxygen atoms in total. The van der Waals surface area contributed by atoms with Gasteiger partial charge in [-0.3, -0.25) is 0 Å². The van der Waals surface area contributed by atoms with E-state index in [0.717, 1.165) is 37.5 Å². The molecule has 0 radical (unpaired) electrons. The van der Waals surface area contributed by atoms with Crippen LogP contribution in [0.3, 0.4) is 0 Å². The summed E-state index contributed by atoms with van der Waals surface area (Å²) < 4.78 is 5.26. The van der Waals surface area contributed by atoms with Gasteiger partial charge < -0.3 is 19.6 Å². The third kappa shape index (κ3) is 4.24. The van der Waals surface area contributed by atoms with Crippen LogP contribution in [0, 0.1) is 0 Å². The van der Waals surface area contributed by atoms with E-state index in [0.29, 0.717) is 5.75 Å². The van der Waals surface area contributed by atoms with Gasteiger partial charge in [0.2, 0.25) is 0 Å². The summed E-state index contributed by atoms with van der Waals surface area (Å²) in [4.78, 5) is 3.18. The third-order valence-corrected chi connectivity index (χ3v) is 4.69. The van der Waals surface area contributed by atoms with Crippen LogP contribution in [-0.4, -0.2) is 38.4 Å². The molecule has 4 heteroatoms. The van der Waals surface area contributed by atoms with Crippen molar-refractivity contribution in [1.29, 1.82) is 0 Å². The van der Waals surface area contributed by atoms with Gasteiger partial charge >= 0.3 is 0 Å². The molecule has 122 valence electrons. The van der Waals surface area contributed by atoms with Gasteiger partial charge in [0, 0.05) is 5.56 Å². The lowest BCUT2D eigenvalue weighted by Gasteiger charge is -2.30. The highest BCUT2D eigenvalue weighted by atomic mass is 16.5. The van der Waals surface area contributed by atoms with Gasteiger partial charge in [-0.05, 0) is 18.2 Å². The molecule has 0 aromatic heterocycles. The Morgan fingerprint density at radius 3 is 2.22 bits per heavy atom. The number of rotatable bonds is 5. The van der Waals surface area contributed by atoms with Crippen molar-refractivity contribution in [1.82, 2.24) is 0 Å².